The molecule has 0 aromatic heterocycles. The van der Waals surface area contributed by atoms with E-state index in [1.165, 1.54) is 0 Å². The van der Waals surface area contributed by atoms with Gasteiger partial charge in [-0.25, -0.2) is 0 Å². The maximum Gasteiger partial charge on any atom is 0.113 e. The largest absolute Gasteiger partial charge is 0.197 e. The molecule has 1 rings (SSSR count). The van der Waals surface area contributed by atoms with E-state index < -0.39 is 5.41 Å². The van der Waals surface area contributed by atoms with Crippen LogP contribution in [0.15, 0.2) is 18.2 Å². The molecule has 0 aliphatic heterocycles. The normalized spacial score (nSPS) is 11.0. The molecule has 0 spiro atoms. The van der Waals surface area contributed by atoms with Crippen molar-refractivity contribution in [2.24, 2.45) is 0 Å². The molecule has 1 aromatic rings. The van der Waals surface area contributed by atoms with Gasteiger partial charge in [-0.2, -0.15) is 5.26 Å². The molecule has 0 fully saturated rings. The SMILES string of the molecule is [B]c1cc(CBr)cc(C(C)(C)C#N)c1. The second-order valence-electron chi connectivity index (χ2n) is 3.83. The molecule has 1 nitrogen and oxygen atoms in total. The summed E-state index contributed by atoms with van der Waals surface area (Å²) in [6.45, 7) is 3.78. The van der Waals surface area contributed by atoms with Crippen LogP contribution in [-0.2, 0) is 10.7 Å². The van der Waals surface area contributed by atoms with Gasteiger partial charge in [-0.3, -0.25) is 0 Å². The first-order valence-electron chi connectivity index (χ1n) is 4.37. The summed E-state index contributed by atoms with van der Waals surface area (Å²) in [5, 5.41) is 9.76. The predicted molar refractivity (Wildman–Crippen MR) is 63.1 cm³/mol. The fraction of sp³-hybridized carbons (Fsp3) is 0.364. The fourth-order valence-electron chi connectivity index (χ4n) is 1.22. The monoisotopic (exact) mass is 247 g/mol. The quantitative estimate of drug-likeness (QED) is 0.581. The number of benzene rings is 1. The predicted octanol–water partition coefficient (Wildman–Crippen LogP) is 2.18. The van der Waals surface area contributed by atoms with Gasteiger partial charge >= 0.3 is 0 Å². The minimum Gasteiger partial charge on any atom is -0.197 e. The van der Waals surface area contributed by atoms with Crippen molar-refractivity contribution in [2.45, 2.75) is 24.6 Å². The lowest BCUT2D eigenvalue weighted by Crippen LogP contribution is -2.17. The molecule has 0 aliphatic rings. The van der Waals surface area contributed by atoms with Gasteiger partial charge in [-0.05, 0) is 25.0 Å². The second-order valence-corrected chi connectivity index (χ2v) is 4.39. The average Bonchev–Trinajstić information content (AvgIpc) is 2.16. The van der Waals surface area contributed by atoms with E-state index in [2.05, 4.69) is 22.0 Å². The highest BCUT2D eigenvalue weighted by Crippen LogP contribution is 2.22. The van der Waals surface area contributed by atoms with Gasteiger partial charge in [0.15, 0.2) is 0 Å². The second kappa shape index (κ2) is 4.19. The van der Waals surface area contributed by atoms with E-state index in [1.54, 1.807) is 0 Å². The van der Waals surface area contributed by atoms with Crippen LogP contribution in [0.1, 0.15) is 25.0 Å². The van der Waals surface area contributed by atoms with Crippen molar-refractivity contribution in [1.82, 2.24) is 0 Å². The molecule has 0 bridgehead atoms. The van der Waals surface area contributed by atoms with E-state index in [0.717, 1.165) is 16.5 Å². The molecule has 0 saturated carbocycles. The summed E-state index contributed by atoms with van der Waals surface area (Å²) in [5.74, 6) is 0. The van der Waals surface area contributed by atoms with Crippen molar-refractivity contribution < 1.29 is 0 Å². The third kappa shape index (κ3) is 2.39. The maximum absolute atomic E-state index is 9.00. The van der Waals surface area contributed by atoms with E-state index in [4.69, 9.17) is 13.1 Å². The summed E-state index contributed by atoms with van der Waals surface area (Å²) < 4.78 is 0. The zero-order valence-corrected chi connectivity index (χ0v) is 9.93. The molecule has 0 atom stereocenters. The van der Waals surface area contributed by atoms with E-state index >= 15 is 0 Å². The highest BCUT2D eigenvalue weighted by molar-refractivity contribution is 9.08. The van der Waals surface area contributed by atoms with Crippen LogP contribution in [0, 0.1) is 11.3 Å². The molecule has 0 unspecified atom stereocenters. The zero-order valence-electron chi connectivity index (χ0n) is 8.34. The third-order valence-corrected chi connectivity index (χ3v) is 2.82. The summed E-state index contributed by atoms with van der Waals surface area (Å²) in [4.78, 5) is 0. The molecule has 0 heterocycles. The Hall–Kier alpha value is -0.745. The minimum absolute atomic E-state index is 0.480. The van der Waals surface area contributed by atoms with Crippen LogP contribution >= 0.6 is 15.9 Å². The van der Waals surface area contributed by atoms with Gasteiger partial charge in [0.05, 0.1) is 11.5 Å². The van der Waals surface area contributed by atoms with Crippen molar-refractivity contribution in [3.8, 4) is 6.07 Å². The molecule has 0 saturated heterocycles. The Balaban J connectivity index is 3.24. The average molecular weight is 248 g/mol. The third-order valence-electron chi connectivity index (χ3n) is 2.17. The molecule has 0 amide bonds. The molecule has 0 N–H and O–H groups in total. The summed E-state index contributed by atoms with van der Waals surface area (Å²) in [5.41, 5.74) is 2.30. The van der Waals surface area contributed by atoms with Crippen LogP contribution in [0.5, 0.6) is 0 Å². The van der Waals surface area contributed by atoms with Gasteiger partial charge in [0.1, 0.15) is 7.85 Å². The number of halogens is 1. The van der Waals surface area contributed by atoms with Gasteiger partial charge in [0, 0.05) is 5.33 Å². The van der Waals surface area contributed by atoms with E-state index in [1.807, 2.05) is 32.0 Å². The summed E-state index contributed by atoms with van der Waals surface area (Å²) >= 11 is 3.38. The smallest absolute Gasteiger partial charge is 0.113 e. The van der Waals surface area contributed by atoms with Crippen molar-refractivity contribution in [3.63, 3.8) is 0 Å². The minimum atomic E-state index is -0.480. The summed E-state index contributed by atoms with van der Waals surface area (Å²) in [6, 6.07) is 8.04. The highest BCUT2D eigenvalue weighted by atomic mass is 79.9. The Morgan fingerprint density at radius 1 is 1.43 bits per heavy atom. The first-order chi connectivity index (χ1) is 6.49. The standard InChI is InChI=1S/C11H11BBrN/c1-11(2,7-14)9-3-8(6-13)4-10(12)5-9/h3-5H,6H2,1-2H3. The van der Waals surface area contributed by atoms with Gasteiger partial charge in [-0.1, -0.05) is 39.6 Å². The van der Waals surface area contributed by atoms with Gasteiger partial charge in [0.2, 0.25) is 0 Å². The molecule has 1 aromatic carbocycles. The van der Waals surface area contributed by atoms with Crippen molar-refractivity contribution >= 4 is 29.2 Å². The molecule has 3 heteroatoms. The van der Waals surface area contributed by atoms with E-state index in [-0.39, 0.29) is 0 Å². The topological polar surface area (TPSA) is 23.8 Å². The van der Waals surface area contributed by atoms with Gasteiger partial charge in [-0.15, -0.1) is 0 Å². The lowest BCUT2D eigenvalue weighted by Gasteiger charge is -2.17. The number of hydrogen-bond acceptors (Lipinski definition) is 1. The molecular formula is C11H11BBrN. The Morgan fingerprint density at radius 2 is 2.07 bits per heavy atom. The van der Waals surface area contributed by atoms with Gasteiger partial charge < -0.3 is 0 Å². The van der Waals surface area contributed by atoms with Crippen LogP contribution in [0.2, 0.25) is 0 Å². The van der Waals surface area contributed by atoms with Crippen LogP contribution in [-0.4, -0.2) is 7.85 Å². The number of rotatable bonds is 2. The lowest BCUT2D eigenvalue weighted by molar-refractivity contribution is 0.687. The van der Waals surface area contributed by atoms with E-state index in [9.17, 15) is 0 Å². The highest BCUT2D eigenvalue weighted by Gasteiger charge is 2.19. The molecular weight excluding hydrogens is 237 g/mol. The Morgan fingerprint density at radius 3 is 2.57 bits per heavy atom. The van der Waals surface area contributed by atoms with Crippen LogP contribution in [0.3, 0.4) is 0 Å². The zero-order chi connectivity index (χ0) is 10.8. The van der Waals surface area contributed by atoms with Crippen LogP contribution in [0.25, 0.3) is 0 Å². The number of nitriles is 1. The Bertz CT molecular complexity index is 379. The first kappa shape index (κ1) is 11.3. The van der Waals surface area contributed by atoms with Crippen molar-refractivity contribution in [2.75, 3.05) is 0 Å². The Kier molecular flexibility index (Phi) is 3.39. The number of hydrogen-bond donors (Lipinski definition) is 0. The number of alkyl halides is 1. The van der Waals surface area contributed by atoms with Crippen LogP contribution < -0.4 is 5.46 Å². The summed E-state index contributed by atoms with van der Waals surface area (Å²) in [6.07, 6.45) is 0. The number of nitrogens with zero attached hydrogens (tertiary/aromatic N) is 1. The van der Waals surface area contributed by atoms with Crippen LogP contribution in [0.4, 0.5) is 0 Å². The van der Waals surface area contributed by atoms with Crippen molar-refractivity contribution in [3.05, 3.63) is 29.3 Å². The fourth-order valence-corrected chi connectivity index (χ4v) is 1.54. The molecule has 14 heavy (non-hydrogen) atoms. The molecule has 0 aliphatic carbocycles. The van der Waals surface area contributed by atoms with E-state index in [0.29, 0.717) is 5.46 Å². The molecule has 70 valence electrons. The molecule has 2 radical (unpaired) electrons. The van der Waals surface area contributed by atoms with Gasteiger partial charge in [0.25, 0.3) is 0 Å². The summed E-state index contributed by atoms with van der Waals surface area (Å²) in [7, 11) is 5.76. The lowest BCUT2D eigenvalue weighted by atomic mass is 9.81. The maximum atomic E-state index is 9.00. The first-order valence-corrected chi connectivity index (χ1v) is 5.49. The van der Waals surface area contributed by atoms with Crippen molar-refractivity contribution in [1.29, 1.82) is 5.26 Å². The Labute approximate surface area is 94.7 Å².